The summed E-state index contributed by atoms with van der Waals surface area (Å²) in [6.07, 6.45) is 1.00. The summed E-state index contributed by atoms with van der Waals surface area (Å²) in [5, 5.41) is 5.36. The van der Waals surface area contributed by atoms with Crippen LogP contribution in [0, 0.1) is 6.92 Å². The molecule has 3 nitrogen and oxygen atoms in total. The molecule has 114 valence electrons. The summed E-state index contributed by atoms with van der Waals surface area (Å²) in [6.45, 7) is 8.33. The van der Waals surface area contributed by atoms with Crippen LogP contribution in [-0.4, -0.2) is 31.2 Å². The van der Waals surface area contributed by atoms with Crippen LogP contribution < -0.4 is 10.2 Å². The van der Waals surface area contributed by atoms with Crippen molar-refractivity contribution in [3.8, 4) is 0 Å². The standard InChI is InChI=1S/C16H20ClN3.ClH/c1-3-12-10-13-4-5-14(17)11(2)15(13)19-16(12)20-8-6-18-7-9-20;/h4-5,10,18H,3,6-9H2,1-2H3;1H. The van der Waals surface area contributed by atoms with E-state index in [1.807, 2.05) is 13.0 Å². The van der Waals surface area contributed by atoms with Gasteiger partial charge in [0.05, 0.1) is 5.52 Å². The highest BCUT2D eigenvalue weighted by molar-refractivity contribution is 6.32. The normalized spacial score (nSPS) is 15.1. The second-order valence-electron chi connectivity index (χ2n) is 5.31. The maximum Gasteiger partial charge on any atom is 0.132 e. The number of nitrogens with one attached hydrogen (secondary N) is 1. The third-order valence-electron chi connectivity index (χ3n) is 4.03. The van der Waals surface area contributed by atoms with Gasteiger partial charge in [-0.05, 0) is 36.6 Å². The molecule has 1 fully saturated rings. The first kappa shape index (κ1) is 16.3. The van der Waals surface area contributed by atoms with Gasteiger partial charge in [-0.25, -0.2) is 4.98 Å². The van der Waals surface area contributed by atoms with Crippen LogP contribution >= 0.6 is 24.0 Å². The molecule has 1 saturated heterocycles. The quantitative estimate of drug-likeness (QED) is 0.914. The largest absolute Gasteiger partial charge is 0.354 e. The van der Waals surface area contributed by atoms with Crippen molar-refractivity contribution in [1.82, 2.24) is 10.3 Å². The van der Waals surface area contributed by atoms with Crippen molar-refractivity contribution in [1.29, 1.82) is 0 Å². The summed E-state index contributed by atoms with van der Waals surface area (Å²) in [4.78, 5) is 7.33. The van der Waals surface area contributed by atoms with Crippen molar-refractivity contribution in [3.05, 3.63) is 34.3 Å². The van der Waals surface area contributed by atoms with Crippen molar-refractivity contribution >= 4 is 40.7 Å². The molecule has 0 spiro atoms. The molecule has 1 aromatic carbocycles. The average molecular weight is 326 g/mol. The predicted molar refractivity (Wildman–Crippen MR) is 93.2 cm³/mol. The lowest BCUT2D eigenvalue weighted by atomic mass is 10.1. The van der Waals surface area contributed by atoms with Gasteiger partial charge < -0.3 is 10.2 Å². The molecule has 0 aliphatic carbocycles. The van der Waals surface area contributed by atoms with Crippen LogP contribution in [0.1, 0.15) is 18.1 Å². The molecule has 2 aromatic rings. The second kappa shape index (κ2) is 6.82. The zero-order chi connectivity index (χ0) is 14.1. The minimum Gasteiger partial charge on any atom is -0.354 e. The molecule has 0 unspecified atom stereocenters. The minimum absolute atomic E-state index is 0. The topological polar surface area (TPSA) is 28.2 Å². The summed E-state index contributed by atoms with van der Waals surface area (Å²) in [5.74, 6) is 1.13. The van der Waals surface area contributed by atoms with Crippen LogP contribution in [-0.2, 0) is 6.42 Å². The van der Waals surface area contributed by atoms with Crippen molar-refractivity contribution in [2.75, 3.05) is 31.1 Å². The molecule has 1 aliphatic rings. The average Bonchev–Trinajstić information content (AvgIpc) is 2.51. The van der Waals surface area contributed by atoms with E-state index in [0.717, 1.165) is 54.5 Å². The van der Waals surface area contributed by atoms with Crippen molar-refractivity contribution in [2.24, 2.45) is 0 Å². The van der Waals surface area contributed by atoms with Gasteiger partial charge in [-0.2, -0.15) is 0 Å². The minimum atomic E-state index is 0. The molecule has 21 heavy (non-hydrogen) atoms. The van der Waals surface area contributed by atoms with Gasteiger partial charge in [0.25, 0.3) is 0 Å². The molecule has 1 aliphatic heterocycles. The SMILES string of the molecule is CCc1cc2ccc(Cl)c(C)c2nc1N1CCNCC1.Cl. The highest BCUT2D eigenvalue weighted by Gasteiger charge is 2.16. The zero-order valence-corrected chi connectivity index (χ0v) is 14.0. The van der Waals surface area contributed by atoms with Gasteiger partial charge in [-0.15, -0.1) is 12.4 Å². The first-order valence-corrected chi connectivity index (χ1v) is 7.63. The van der Waals surface area contributed by atoms with E-state index in [1.165, 1.54) is 10.9 Å². The van der Waals surface area contributed by atoms with E-state index < -0.39 is 0 Å². The monoisotopic (exact) mass is 325 g/mol. The van der Waals surface area contributed by atoms with E-state index in [0.29, 0.717) is 0 Å². The second-order valence-corrected chi connectivity index (χ2v) is 5.71. The number of rotatable bonds is 2. The van der Waals surface area contributed by atoms with E-state index in [1.54, 1.807) is 0 Å². The Bertz CT molecular complexity index is 637. The van der Waals surface area contributed by atoms with E-state index >= 15 is 0 Å². The van der Waals surface area contributed by atoms with Gasteiger partial charge in [0.2, 0.25) is 0 Å². The van der Waals surface area contributed by atoms with Gasteiger partial charge in [0.15, 0.2) is 0 Å². The predicted octanol–water partition coefficient (Wildman–Crippen LogP) is 3.59. The lowest BCUT2D eigenvalue weighted by molar-refractivity contribution is 0.584. The summed E-state index contributed by atoms with van der Waals surface area (Å²) < 4.78 is 0. The number of fused-ring (bicyclic) bond motifs is 1. The Morgan fingerprint density at radius 3 is 2.67 bits per heavy atom. The fourth-order valence-electron chi connectivity index (χ4n) is 2.80. The zero-order valence-electron chi connectivity index (χ0n) is 12.4. The Hall–Kier alpha value is -1.03. The van der Waals surface area contributed by atoms with Crippen molar-refractivity contribution in [3.63, 3.8) is 0 Å². The Labute approximate surface area is 137 Å². The highest BCUT2D eigenvalue weighted by Crippen LogP contribution is 2.29. The van der Waals surface area contributed by atoms with Crippen LogP contribution in [0.15, 0.2) is 18.2 Å². The van der Waals surface area contributed by atoms with Gasteiger partial charge in [-0.1, -0.05) is 24.6 Å². The molecule has 0 amide bonds. The summed E-state index contributed by atoms with van der Waals surface area (Å²) >= 11 is 6.24. The molecule has 2 heterocycles. The maximum absolute atomic E-state index is 6.24. The van der Waals surface area contributed by atoms with Crippen LogP contribution in [0.3, 0.4) is 0 Å². The van der Waals surface area contributed by atoms with Crippen molar-refractivity contribution < 1.29 is 0 Å². The summed E-state index contributed by atoms with van der Waals surface area (Å²) in [6, 6.07) is 6.30. The summed E-state index contributed by atoms with van der Waals surface area (Å²) in [7, 11) is 0. The number of halogens is 2. The first-order chi connectivity index (χ1) is 9.70. The van der Waals surface area contributed by atoms with Gasteiger partial charge in [0.1, 0.15) is 5.82 Å². The van der Waals surface area contributed by atoms with Crippen LogP contribution in [0.5, 0.6) is 0 Å². The number of piperazine rings is 1. The third kappa shape index (κ3) is 3.10. The maximum atomic E-state index is 6.24. The number of hydrogen-bond acceptors (Lipinski definition) is 3. The first-order valence-electron chi connectivity index (χ1n) is 7.25. The summed E-state index contributed by atoms with van der Waals surface area (Å²) in [5.41, 5.74) is 3.42. The lowest BCUT2D eigenvalue weighted by Crippen LogP contribution is -2.44. The Kier molecular flexibility index (Phi) is 5.31. The fourth-order valence-corrected chi connectivity index (χ4v) is 2.95. The van der Waals surface area contributed by atoms with E-state index in [4.69, 9.17) is 16.6 Å². The van der Waals surface area contributed by atoms with Gasteiger partial charge >= 0.3 is 0 Å². The molecule has 0 bridgehead atoms. The number of aromatic nitrogens is 1. The number of benzene rings is 1. The van der Waals surface area contributed by atoms with Crippen LogP contribution in [0.25, 0.3) is 10.9 Å². The van der Waals surface area contributed by atoms with E-state index in [-0.39, 0.29) is 12.4 Å². The molecule has 5 heteroatoms. The Morgan fingerprint density at radius 2 is 2.00 bits per heavy atom. The van der Waals surface area contributed by atoms with Crippen molar-refractivity contribution in [2.45, 2.75) is 20.3 Å². The lowest BCUT2D eigenvalue weighted by Gasteiger charge is -2.30. The number of hydrogen-bond donors (Lipinski definition) is 1. The number of anilines is 1. The Morgan fingerprint density at radius 1 is 1.29 bits per heavy atom. The molecule has 1 N–H and O–H groups in total. The van der Waals surface area contributed by atoms with E-state index in [2.05, 4.69) is 29.3 Å². The molecule has 0 radical (unpaired) electrons. The smallest absolute Gasteiger partial charge is 0.132 e. The number of aryl methyl sites for hydroxylation is 2. The third-order valence-corrected chi connectivity index (χ3v) is 4.44. The van der Waals surface area contributed by atoms with Crippen LogP contribution in [0.2, 0.25) is 5.02 Å². The van der Waals surface area contributed by atoms with Gasteiger partial charge in [0, 0.05) is 36.6 Å². The van der Waals surface area contributed by atoms with Crippen LogP contribution in [0.4, 0.5) is 5.82 Å². The highest BCUT2D eigenvalue weighted by atomic mass is 35.5. The molecule has 0 atom stereocenters. The Balaban J connectivity index is 0.00000161. The number of pyridine rings is 1. The molecule has 3 rings (SSSR count). The molecule has 0 saturated carbocycles. The molecular weight excluding hydrogens is 305 g/mol. The fraction of sp³-hybridized carbons (Fsp3) is 0.438. The molecular formula is C16H21Cl2N3. The molecule has 1 aromatic heterocycles. The van der Waals surface area contributed by atoms with E-state index in [9.17, 15) is 0 Å². The van der Waals surface area contributed by atoms with Gasteiger partial charge in [-0.3, -0.25) is 0 Å². The number of nitrogens with zero attached hydrogens (tertiary/aromatic N) is 2.